The highest BCUT2D eigenvalue weighted by molar-refractivity contribution is 7.87. The van der Waals surface area contributed by atoms with Crippen LogP contribution in [0.4, 0.5) is 0 Å². The third kappa shape index (κ3) is 3.59. The standard InChI is InChI=1S/C15H16O8S2/c16-15(17,25(21,22)23)14(11-24(18,19)20,12-7-3-1-4-8-12)13-9-5-2-6-10-13/h1-10,16-17H,11H2,(H,18,19,20)(H,21,22,23). The predicted molar refractivity (Wildman–Crippen MR) is 88.8 cm³/mol. The van der Waals surface area contributed by atoms with E-state index in [1.165, 1.54) is 60.7 Å². The molecule has 0 saturated carbocycles. The average Bonchev–Trinajstić information content (AvgIpc) is 2.52. The van der Waals surface area contributed by atoms with Crippen molar-refractivity contribution in [3.05, 3.63) is 71.8 Å². The second kappa shape index (κ2) is 6.48. The van der Waals surface area contributed by atoms with Crippen LogP contribution >= 0.6 is 0 Å². The molecule has 0 heterocycles. The summed E-state index contributed by atoms with van der Waals surface area (Å²) < 4.78 is 65.4. The first kappa shape index (κ1) is 19.5. The van der Waals surface area contributed by atoms with Gasteiger partial charge in [-0.15, -0.1) is 0 Å². The van der Waals surface area contributed by atoms with Crippen LogP contribution in [-0.2, 0) is 25.7 Å². The van der Waals surface area contributed by atoms with E-state index in [1.54, 1.807) is 0 Å². The van der Waals surface area contributed by atoms with E-state index in [0.717, 1.165) is 0 Å². The van der Waals surface area contributed by atoms with Crippen molar-refractivity contribution in [2.45, 2.75) is 10.5 Å². The number of aliphatic hydroxyl groups is 2. The fourth-order valence-corrected chi connectivity index (χ4v) is 4.66. The van der Waals surface area contributed by atoms with Gasteiger partial charge in [0.25, 0.3) is 10.1 Å². The molecule has 0 radical (unpaired) electrons. The number of benzene rings is 2. The zero-order valence-electron chi connectivity index (χ0n) is 12.7. The number of hydrogen-bond donors (Lipinski definition) is 4. The van der Waals surface area contributed by atoms with Crippen LogP contribution in [0, 0.1) is 0 Å². The Kier molecular flexibility index (Phi) is 5.06. The van der Waals surface area contributed by atoms with E-state index < -0.39 is 36.5 Å². The molecule has 0 amide bonds. The van der Waals surface area contributed by atoms with Gasteiger partial charge in [0, 0.05) is 0 Å². The molecular formula is C15H16O8S2. The molecule has 0 aliphatic heterocycles. The van der Waals surface area contributed by atoms with E-state index in [4.69, 9.17) is 0 Å². The Morgan fingerprint density at radius 3 is 1.36 bits per heavy atom. The third-order valence-corrected chi connectivity index (χ3v) is 5.71. The normalized spacial score (nSPS) is 13.6. The molecule has 0 fully saturated rings. The summed E-state index contributed by atoms with van der Waals surface area (Å²) in [5.74, 6) is -1.40. The molecule has 2 aromatic carbocycles. The van der Waals surface area contributed by atoms with E-state index in [1.807, 2.05) is 0 Å². The molecule has 0 unspecified atom stereocenters. The van der Waals surface area contributed by atoms with Crippen LogP contribution < -0.4 is 0 Å². The second-order valence-corrected chi connectivity index (χ2v) is 8.42. The van der Waals surface area contributed by atoms with Crippen LogP contribution in [0.2, 0.25) is 0 Å². The number of rotatable bonds is 6. The quantitative estimate of drug-likeness (QED) is 0.410. The van der Waals surface area contributed by atoms with Crippen molar-refractivity contribution in [1.82, 2.24) is 0 Å². The summed E-state index contributed by atoms with van der Waals surface area (Å²) >= 11 is 0. The predicted octanol–water partition coefficient (Wildman–Crippen LogP) is 0.387. The van der Waals surface area contributed by atoms with E-state index in [-0.39, 0.29) is 11.1 Å². The highest BCUT2D eigenvalue weighted by atomic mass is 32.2. The van der Waals surface area contributed by atoms with Gasteiger partial charge in [-0.05, 0) is 11.1 Å². The van der Waals surface area contributed by atoms with Gasteiger partial charge in [-0.25, -0.2) is 0 Å². The van der Waals surface area contributed by atoms with Crippen molar-refractivity contribution >= 4 is 20.2 Å². The van der Waals surface area contributed by atoms with Crippen LogP contribution in [-0.4, -0.2) is 47.0 Å². The molecule has 0 aliphatic rings. The Bertz CT molecular complexity index is 896. The molecule has 0 spiro atoms. The van der Waals surface area contributed by atoms with Gasteiger partial charge in [-0.2, -0.15) is 16.8 Å². The van der Waals surface area contributed by atoms with Gasteiger partial charge in [-0.1, -0.05) is 60.7 Å². The Morgan fingerprint density at radius 1 is 0.720 bits per heavy atom. The van der Waals surface area contributed by atoms with Gasteiger partial charge < -0.3 is 10.2 Å². The smallest absolute Gasteiger partial charge is 0.323 e. The van der Waals surface area contributed by atoms with Crippen molar-refractivity contribution in [3.63, 3.8) is 0 Å². The van der Waals surface area contributed by atoms with Gasteiger partial charge in [0.15, 0.2) is 0 Å². The SMILES string of the molecule is O=S(=O)(O)CC(c1ccccc1)(c1ccccc1)C(O)(O)S(=O)(=O)O. The van der Waals surface area contributed by atoms with Gasteiger partial charge in [0.1, 0.15) is 5.41 Å². The van der Waals surface area contributed by atoms with Gasteiger partial charge in [0.2, 0.25) is 0 Å². The highest BCUT2D eigenvalue weighted by Crippen LogP contribution is 2.44. The topological polar surface area (TPSA) is 149 Å². The van der Waals surface area contributed by atoms with Crippen LogP contribution in [0.1, 0.15) is 11.1 Å². The highest BCUT2D eigenvalue weighted by Gasteiger charge is 2.62. The molecular weight excluding hydrogens is 372 g/mol. The van der Waals surface area contributed by atoms with Gasteiger partial charge in [-0.3, -0.25) is 9.11 Å². The average molecular weight is 388 g/mol. The monoisotopic (exact) mass is 388 g/mol. The number of hydrogen-bond acceptors (Lipinski definition) is 6. The fraction of sp³-hybridized carbons (Fsp3) is 0.200. The molecule has 8 nitrogen and oxygen atoms in total. The Labute approximate surface area is 144 Å². The molecule has 0 atom stereocenters. The van der Waals surface area contributed by atoms with Crippen molar-refractivity contribution in [2.24, 2.45) is 0 Å². The maximum atomic E-state index is 11.7. The lowest BCUT2D eigenvalue weighted by molar-refractivity contribution is -0.131. The lowest BCUT2D eigenvalue weighted by atomic mass is 9.75. The molecule has 0 aromatic heterocycles. The second-order valence-electron chi connectivity index (χ2n) is 5.45. The van der Waals surface area contributed by atoms with E-state index in [2.05, 4.69) is 0 Å². The maximum Gasteiger partial charge on any atom is 0.323 e. The molecule has 10 heteroatoms. The molecule has 136 valence electrons. The largest absolute Gasteiger partial charge is 0.351 e. The van der Waals surface area contributed by atoms with Crippen molar-refractivity contribution < 1.29 is 36.2 Å². The summed E-state index contributed by atoms with van der Waals surface area (Å²) in [5.41, 5.74) is -2.92. The lowest BCUT2D eigenvalue weighted by Gasteiger charge is -2.41. The third-order valence-electron chi connectivity index (χ3n) is 3.85. The minimum atomic E-state index is -5.59. The zero-order chi connectivity index (χ0) is 18.9. The molecule has 25 heavy (non-hydrogen) atoms. The van der Waals surface area contributed by atoms with Crippen LogP contribution in [0.3, 0.4) is 0 Å². The minimum absolute atomic E-state index is 0.151. The first-order valence-corrected chi connectivity index (χ1v) is 9.95. The summed E-state index contributed by atoms with van der Waals surface area (Å²) in [6.07, 6.45) is 0. The molecule has 0 aliphatic carbocycles. The van der Waals surface area contributed by atoms with E-state index in [0.29, 0.717) is 0 Å². The zero-order valence-corrected chi connectivity index (χ0v) is 14.4. The Morgan fingerprint density at radius 2 is 1.08 bits per heavy atom. The summed E-state index contributed by atoms with van der Waals surface area (Å²) in [5, 5.41) is 16.8. The molecule has 0 saturated heterocycles. The Balaban J connectivity index is 2.99. The summed E-state index contributed by atoms with van der Waals surface area (Å²) in [6.45, 7) is 0. The molecule has 2 rings (SSSR count). The van der Waals surface area contributed by atoms with E-state index in [9.17, 15) is 36.2 Å². The van der Waals surface area contributed by atoms with Crippen molar-refractivity contribution in [1.29, 1.82) is 0 Å². The molecule has 4 N–H and O–H groups in total. The van der Waals surface area contributed by atoms with Crippen LogP contribution in [0.15, 0.2) is 60.7 Å². The van der Waals surface area contributed by atoms with Crippen molar-refractivity contribution in [2.75, 3.05) is 5.75 Å². The first-order chi connectivity index (χ1) is 11.4. The van der Waals surface area contributed by atoms with Crippen LogP contribution in [0.5, 0.6) is 0 Å². The van der Waals surface area contributed by atoms with E-state index >= 15 is 0 Å². The van der Waals surface area contributed by atoms with Crippen LogP contribution in [0.25, 0.3) is 0 Å². The lowest BCUT2D eigenvalue weighted by Crippen LogP contribution is -2.60. The van der Waals surface area contributed by atoms with Gasteiger partial charge in [0.05, 0.1) is 5.75 Å². The maximum absolute atomic E-state index is 11.7. The molecule has 0 bridgehead atoms. The summed E-state index contributed by atoms with van der Waals surface area (Å²) in [7, 11) is -10.5. The van der Waals surface area contributed by atoms with Gasteiger partial charge >= 0.3 is 15.2 Å². The first-order valence-electron chi connectivity index (χ1n) is 6.90. The fourth-order valence-electron chi connectivity index (χ4n) is 2.74. The molecule has 2 aromatic rings. The van der Waals surface area contributed by atoms with Crippen molar-refractivity contribution in [3.8, 4) is 0 Å². The summed E-state index contributed by atoms with van der Waals surface area (Å²) in [6, 6.07) is 13.7. The summed E-state index contributed by atoms with van der Waals surface area (Å²) in [4.78, 5) is 0. The Hall–Kier alpha value is -1.82. The minimum Gasteiger partial charge on any atom is -0.351 e.